The second kappa shape index (κ2) is 7.59. The van der Waals surface area contributed by atoms with Gasteiger partial charge in [0.2, 0.25) is 0 Å². The third-order valence-corrected chi connectivity index (χ3v) is 4.85. The molecule has 0 saturated heterocycles. The van der Waals surface area contributed by atoms with Crippen LogP contribution in [-0.4, -0.2) is 24.6 Å². The van der Waals surface area contributed by atoms with E-state index in [0.29, 0.717) is 12.0 Å². The van der Waals surface area contributed by atoms with Crippen molar-refractivity contribution in [3.63, 3.8) is 0 Å². The van der Waals surface area contributed by atoms with Gasteiger partial charge in [0.15, 0.2) is 5.13 Å². The van der Waals surface area contributed by atoms with Crippen LogP contribution < -0.4 is 10.2 Å². The lowest BCUT2D eigenvalue weighted by molar-refractivity contribution is 0.502. The Hall–Kier alpha value is -0.610. The van der Waals surface area contributed by atoms with Crippen molar-refractivity contribution >= 4 is 16.5 Å². The molecule has 1 aromatic rings. The van der Waals surface area contributed by atoms with Crippen LogP contribution in [0.4, 0.5) is 5.13 Å². The molecular formula is C17H33N3S. The summed E-state index contributed by atoms with van der Waals surface area (Å²) in [7, 11) is 2.18. The predicted molar refractivity (Wildman–Crippen MR) is 95.5 cm³/mol. The molecule has 1 N–H and O–H groups in total. The van der Waals surface area contributed by atoms with Crippen LogP contribution in [0.3, 0.4) is 0 Å². The Balaban J connectivity index is 3.00. The largest absolute Gasteiger partial charge is 0.348 e. The highest BCUT2D eigenvalue weighted by atomic mass is 32.1. The van der Waals surface area contributed by atoms with Gasteiger partial charge in [0.1, 0.15) is 0 Å². The zero-order valence-electron chi connectivity index (χ0n) is 15.1. The highest BCUT2D eigenvalue weighted by Crippen LogP contribution is 2.34. The zero-order chi connectivity index (χ0) is 16.2. The van der Waals surface area contributed by atoms with Gasteiger partial charge in [0, 0.05) is 29.9 Å². The van der Waals surface area contributed by atoms with Gasteiger partial charge in [-0.15, -0.1) is 11.3 Å². The van der Waals surface area contributed by atoms with E-state index < -0.39 is 0 Å². The number of nitrogens with one attached hydrogen (secondary N) is 1. The molecule has 1 heterocycles. The summed E-state index contributed by atoms with van der Waals surface area (Å²) in [5.74, 6) is 0.714. The molecule has 1 aromatic heterocycles. The summed E-state index contributed by atoms with van der Waals surface area (Å²) in [5, 5.41) is 4.60. The molecule has 0 fully saturated rings. The first kappa shape index (κ1) is 18.4. The molecule has 1 rings (SSSR count). The molecule has 4 heteroatoms. The Morgan fingerprint density at radius 1 is 1.24 bits per heavy atom. The van der Waals surface area contributed by atoms with Crippen molar-refractivity contribution in [2.45, 2.75) is 72.9 Å². The number of hydrogen-bond acceptors (Lipinski definition) is 4. The molecule has 3 nitrogen and oxygen atoms in total. The van der Waals surface area contributed by atoms with Crippen molar-refractivity contribution in [1.29, 1.82) is 0 Å². The first-order valence-electron chi connectivity index (χ1n) is 8.10. The number of nitrogens with zero attached hydrogens (tertiary/aromatic N) is 2. The van der Waals surface area contributed by atoms with Gasteiger partial charge in [0.05, 0.1) is 5.69 Å². The van der Waals surface area contributed by atoms with Gasteiger partial charge >= 0.3 is 0 Å². The van der Waals surface area contributed by atoms with Crippen LogP contribution in [0.1, 0.15) is 65.5 Å². The van der Waals surface area contributed by atoms with E-state index in [0.717, 1.165) is 18.2 Å². The first-order valence-corrected chi connectivity index (χ1v) is 8.92. The van der Waals surface area contributed by atoms with E-state index in [4.69, 9.17) is 4.98 Å². The van der Waals surface area contributed by atoms with Crippen LogP contribution in [0, 0.1) is 5.92 Å². The Kier molecular flexibility index (Phi) is 6.67. The lowest BCUT2D eigenvalue weighted by Crippen LogP contribution is -2.30. The molecule has 0 spiro atoms. The van der Waals surface area contributed by atoms with Crippen LogP contribution in [0.25, 0.3) is 0 Å². The third-order valence-electron chi connectivity index (χ3n) is 3.71. The summed E-state index contributed by atoms with van der Waals surface area (Å²) in [6.07, 6.45) is 1.20. The summed E-state index contributed by atoms with van der Waals surface area (Å²) in [6, 6.07) is 0.524. The van der Waals surface area contributed by atoms with Gasteiger partial charge in [-0.3, -0.25) is 0 Å². The van der Waals surface area contributed by atoms with E-state index in [1.807, 2.05) is 11.3 Å². The maximum Gasteiger partial charge on any atom is 0.185 e. The quantitative estimate of drug-likeness (QED) is 0.808. The SMILES string of the molecule is CCNCc1sc(N(C)C(C)CC(C)C)nc1C(C)(C)C. The average Bonchev–Trinajstić information content (AvgIpc) is 2.78. The number of anilines is 1. The minimum Gasteiger partial charge on any atom is -0.348 e. The number of rotatable bonds is 7. The van der Waals surface area contributed by atoms with Gasteiger partial charge in [-0.25, -0.2) is 4.98 Å². The fourth-order valence-corrected chi connectivity index (χ4v) is 3.77. The maximum absolute atomic E-state index is 4.97. The minimum atomic E-state index is 0.0988. The Labute approximate surface area is 135 Å². The van der Waals surface area contributed by atoms with Crippen LogP contribution in [-0.2, 0) is 12.0 Å². The van der Waals surface area contributed by atoms with E-state index in [2.05, 4.69) is 65.7 Å². The standard InChI is InChI=1S/C17H33N3S/c1-9-18-11-14-15(17(5,6)7)19-16(21-14)20(8)13(4)10-12(2)3/h12-13,18H,9-11H2,1-8H3. The van der Waals surface area contributed by atoms with E-state index in [1.54, 1.807) is 0 Å². The Morgan fingerprint density at radius 2 is 1.86 bits per heavy atom. The van der Waals surface area contributed by atoms with E-state index in [-0.39, 0.29) is 5.41 Å². The maximum atomic E-state index is 4.97. The topological polar surface area (TPSA) is 28.2 Å². The minimum absolute atomic E-state index is 0.0988. The van der Waals surface area contributed by atoms with Gasteiger partial charge in [-0.1, -0.05) is 41.5 Å². The van der Waals surface area contributed by atoms with Crippen molar-refractivity contribution in [2.75, 3.05) is 18.5 Å². The molecule has 0 radical (unpaired) electrons. The smallest absolute Gasteiger partial charge is 0.185 e. The second-order valence-corrected chi connectivity index (χ2v) is 8.45. The summed E-state index contributed by atoms with van der Waals surface area (Å²) in [5.41, 5.74) is 1.34. The molecule has 0 aromatic carbocycles. The lowest BCUT2D eigenvalue weighted by atomic mass is 9.91. The molecule has 0 aliphatic rings. The van der Waals surface area contributed by atoms with Gasteiger partial charge in [0.25, 0.3) is 0 Å². The molecule has 1 atom stereocenters. The fourth-order valence-electron chi connectivity index (χ4n) is 2.46. The third kappa shape index (κ3) is 5.26. The average molecular weight is 312 g/mol. The van der Waals surface area contributed by atoms with E-state index >= 15 is 0 Å². The van der Waals surface area contributed by atoms with Crippen molar-refractivity contribution in [3.05, 3.63) is 10.6 Å². The number of thiazole rings is 1. The Bertz CT molecular complexity index is 432. The van der Waals surface area contributed by atoms with Crippen molar-refractivity contribution in [3.8, 4) is 0 Å². The molecule has 0 bridgehead atoms. The molecule has 1 unspecified atom stereocenters. The number of hydrogen-bond donors (Lipinski definition) is 1. The number of aromatic nitrogens is 1. The molecule has 0 amide bonds. The molecule has 21 heavy (non-hydrogen) atoms. The summed E-state index contributed by atoms with van der Waals surface area (Å²) in [4.78, 5) is 8.69. The second-order valence-electron chi connectivity index (χ2n) is 7.39. The highest BCUT2D eigenvalue weighted by Gasteiger charge is 2.25. The molecule has 0 saturated carbocycles. The van der Waals surface area contributed by atoms with Crippen molar-refractivity contribution in [2.24, 2.45) is 5.92 Å². The van der Waals surface area contributed by atoms with Crippen LogP contribution >= 0.6 is 11.3 Å². The van der Waals surface area contributed by atoms with E-state index in [1.165, 1.54) is 17.0 Å². The predicted octanol–water partition coefficient (Wildman–Crippen LogP) is 4.42. The van der Waals surface area contributed by atoms with E-state index in [9.17, 15) is 0 Å². The zero-order valence-corrected chi connectivity index (χ0v) is 15.9. The van der Waals surface area contributed by atoms with Crippen molar-refractivity contribution < 1.29 is 0 Å². The first-order chi connectivity index (χ1) is 9.66. The summed E-state index contributed by atoms with van der Waals surface area (Å²) in [6.45, 7) is 17.7. The molecule has 0 aliphatic heterocycles. The normalized spacial score (nSPS) is 13.8. The monoisotopic (exact) mass is 311 g/mol. The highest BCUT2D eigenvalue weighted by molar-refractivity contribution is 7.15. The van der Waals surface area contributed by atoms with Gasteiger partial charge in [-0.05, 0) is 25.8 Å². The Morgan fingerprint density at radius 3 is 2.33 bits per heavy atom. The molecule has 122 valence electrons. The van der Waals surface area contributed by atoms with Gasteiger partial charge < -0.3 is 10.2 Å². The lowest BCUT2D eigenvalue weighted by Gasteiger charge is -2.26. The van der Waals surface area contributed by atoms with Crippen LogP contribution in [0.5, 0.6) is 0 Å². The molecule has 0 aliphatic carbocycles. The molecular weight excluding hydrogens is 278 g/mol. The fraction of sp³-hybridized carbons (Fsp3) is 0.824. The van der Waals surface area contributed by atoms with Crippen molar-refractivity contribution in [1.82, 2.24) is 10.3 Å². The van der Waals surface area contributed by atoms with Crippen LogP contribution in [0.15, 0.2) is 0 Å². The van der Waals surface area contributed by atoms with Gasteiger partial charge in [-0.2, -0.15) is 0 Å². The summed E-state index contributed by atoms with van der Waals surface area (Å²) < 4.78 is 0. The summed E-state index contributed by atoms with van der Waals surface area (Å²) >= 11 is 1.84. The van der Waals surface area contributed by atoms with Crippen LogP contribution in [0.2, 0.25) is 0 Å².